The van der Waals surface area contributed by atoms with E-state index in [9.17, 15) is 9.59 Å². The van der Waals surface area contributed by atoms with Crippen molar-refractivity contribution >= 4 is 23.3 Å². The molecule has 8 heteroatoms. The molecule has 32 heavy (non-hydrogen) atoms. The summed E-state index contributed by atoms with van der Waals surface area (Å²) < 4.78 is 1.65. The van der Waals surface area contributed by atoms with Crippen LogP contribution in [0, 0.1) is 6.92 Å². The van der Waals surface area contributed by atoms with Crippen LogP contribution in [0.25, 0.3) is 5.82 Å². The van der Waals surface area contributed by atoms with E-state index in [0.29, 0.717) is 29.3 Å². The van der Waals surface area contributed by atoms with Gasteiger partial charge in [0, 0.05) is 42.1 Å². The average Bonchev–Trinajstić information content (AvgIpc) is 3.35. The van der Waals surface area contributed by atoms with Crippen LogP contribution in [0.4, 0.5) is 16.2 Å². The Morgan fingerprint density at radius 2 is 1.78 bits per heavy atom. The van der Waals surface area contributed by atoms with Gasteiger partial charge < -0.3 is 16.0 Å². The van der Waals surface area contributed by atoms with Crippen molar-refractivity contribution in [3.05, 3.63) is 102 Å². The van der Waals surface area contributed by atoms with Crippen LogP contribution >= 0.6 is 0 Å². The van der Waals surface area contributed by atoms with Gasteiger partial charge in [-0.05, 0) is 60.5 Å². The molecular weight excluding hydrogens is 404 g/mol. The van der Waals surface area contributed by atoms with Crippen LogP contribution in [0.3, 0.4) is 0 Å². The minimum Gasteiger partial charge on any atom is -0.334 e. The molecule has 0 saturated heterocycles. The molecule has 0 fully saturated rings. The minimum atomic E-state index is -0.369. The normalized spacial score (nSPS) is 10.4. The van der Waals surface area contributed by atoms with Crippen molar-refractivity contribution < 1.29 is 9.59 Å². The molecule has 0 atom stereocenters. The first-order chi connectivity index (χ1) is 15.6. The average molecular weight is 426 g/mol. The van der Waals surface area contributed by atoms with Gasteiger partial charge in [-0.25, -0.2) is 14.5 Å². The van der Waals surface area contributed by atoms with E-state index >= 15 is 0 Å². The first kappa shape index (κ1) is 20.8. The van der Waals surface area contributed by atoms with Crippen LogP contribution in [0.15, 0.2) is 85.3 Å². The lowest BCUT2D eigenvalue weighted by molar-refractivity contribution is 0.102. The zero-order valence-corrected chi connectivity index (χ0v) is 17.4. The maximum absolute atomic E-state index is 12.6. The lowest BCUT2D eigenvalue weighted by Crippen LogP contribution is -2.28. The SMILES string of the molecule is Cc1ccc(C(=O)Nc2ccccc2)cc1NC(=O)NCc1ccnc(-n2cccn2)c1. The van der Waals surface area contributed by atoms with Crippen LogP contribution in [0.5, 0.6) is 0 Å². The zero-order valence-electron chi connectivity index (χ0n) is 17.4. The summed E-state index contributed by atoms with van der Waals surface area (Å²) in [6.07, 6.45) is 5.15. The molecule has 0 aliphatic rings. The highest BCUT2D eigenvalue weighted by Gasteiger charge is 2.11. The number of aryl methyl sites for hydroxylation is 1. The van der Waals surface area contributed by atoms with Crippen LogP contribution in [0.2, 0.25) is 0 Å². The number of carbonyl (C=O) groups excluding carboxylic acids is 2. The Kier molecular flexibility index (Phi) is 6.22. The van der Waals surface area contributed by atoms with Crippen molar-refractivity contribution in [1.82, 2.24) is 20.1 Å². The van der Waals surface area contributed by atoms with Gasteiger partial charge in [0.05, 0.1) is 0 Å². The first-order valence-electron chi connectivity index (χ1n) is 10.1. The van der Waals surface area contributed by atoms with Crippen molar-refractivity contribution in [3.8, 4) is 5.82 Å². The maximum atomic E-state index is 12.6. The number of nitrogens with one attached hydrogen (secondary N) is 3. The highest BCUT2D eigenvalue weighted by atomic mass is 16.2. The standard InChI is InChI=1S/C24H22N6O2/c1-17-8-9-19(23(31)28-20-6-3-2-4-7-20)15-21(17)29-24(32)26-16-18-10-12-25-22(14-18)30-13-5-11-27-30/h2-15H,16H2,1H3,(H,28,31)(H2,26,29,32). The van der Waals surface area contributed by atoms with Crippen molar-refractivity contribution in [2.45, 2.75) is 13.5 Å². The van der Waals surface area contributed by atoms with Crippen molar-refractivity contribution in [2.24, 2.45) is 0 Å². The van der Waals surface area contributed by atoms with Crippen LogP contribution in [-0.2, 0) is 6.54 Å². The Hall–Kier alpha value is -4.46. The van der Waals surface area contributed by atoms with Gasteiger partial charge in [0.15, 0.2) is 5.82 Å². The van der Waals surface area contributed by atoms with Gasteiger partial charge in [-0.2, -0.15) is 5.10 Å². The summed E-state index contributed by atoms with van der Waals surface area (Å²) >= 11 is 0. The third kappa shape index (κ3) is 5.17. The third-order valence-electron chi connectivity index (χ3n) is 4.78. The summed E-state index contributed by atoms with van der Waals surface area (Å²) in [5.74, 6) is 0.422. The van der Waals surface area contributed by atoms with Gasteiger partial charge in [0.2, 0.25) is 0 Å². The largest absolute Gasteiger partial charge is 0.334 e. The molecule has 3 N–H and O–H groups in total. The number of hydrogen-bond acceptors (Lipinski definition) is 4. The van der Waals surface area contributed by atoms with Crippen molar-refractivity contribution in [2.75, 3.05) is 10.6 Å². The maximum Gasteiger partial charge on any atom is 0.319 e. The summed E-state index contributed by atoms with van der Waals surface area (Å²) in [7, 11) is 0. The second-order valence-corrected chi connectivity index (χ2v) is 7.13. The van der Waals surface area contributed by atoms with E-state index in [1.807, 2.05) is 55.5 Å². The molecule has 3 amide bonds. The van der Waals surface area contributed by atoms with E-state index in [4.69, 9.17) is 0 Å². The Labute approximate surface area is 185 Å². The summed E-state index contributed by atoms with van der Waals surface area (Å²) in [5.41, 5.74) is 3.45. The van der Waals surface area contributed by atoms with Gasteiger partial charge in [0.1, 0.15) is 0 Å². The Bertz CT molecular complexity index is 1220. The highest BCUT2D eigenvalue weighted by Crippen LogP contribution is 2.18. The van der Waals surface area contributed by atoms with Gasteiger partial charge in [0.25, 0.3) is 5.91 Å². The predicted molar refractivity (Wildman–Crippen MR) is 123 cm³/mol. The molecule has 2 aromatic carbocycles. The van der Waals surface area contributed by atoms with Crippen molar-refractivity contribution in [3.63, 3.8) is 0 Å². The molecule has 2 heterocycles. The number of nitrogens with zero attached hydrogens (tertiary/aromatic N) is 3. The Morgan fingerprint density at radius 3 is 2.56 bits per heavy atom. The molecule has 160 valence electrons. The van der Waals surface area contributed by atoms with Gasteiger partial charge in [-0.1, -0.05) is 24.3 Å². The number of amides is 3. The fourth-order valence-corrected chi connectivity index (χ4v) is 3.07. The number of rotatable bonds is 6. The molecule has 4 aromatic rings. The lowest BCUT2D eigenvalue weighted by Gasteiger charge is -2.12. The summed E-state index contributed by atoms with van der Waals surface area (Å²) in [6, 6.07) is 19.5. The number of urea groups is 1. The third-order valence-corrected chi connectivity index (χ3v) is 4.78. The van der Waals surface area contributed by atoms with Gasteiger partial charge >= 0.3 is 6.03 Å². The number of hydrogen-bond donors (Lipinski definition) is 3. The molecule has 2 aromatic heterocycles. The van der Waals surface area contributed by atoms with E-state index in [1.54, 1.807) is 41.5 Å². The van der Waals surface area contributed by atoms with Gasteiger partial charge in [-0.3, -0.25) is 4.79 Å². The van der Waals surface area contributed by atoms with Crippen LogP contribution < -0.4 is 16.0 Å². The number of aromatic nitrogens is 3. The second kappa shape index (κ2) is 9.57. The molecule has 8 nitrogen and oxygen atoms in total. The van der Waals surface area contributed by atoms with E-state index in [2.05, 4.69) is 26.0 Å². The van der Waals surface area contributed by atoms with Crippen molar-refractivity contribution in [1.29, 1.82) is 0 Å². The number of pyridine rings is 1. The van der Waals surface area contributed by atoms with E-state index in [0.717, 1.165) is 11.1 Å². The Morgan fingerprint density at radius 1 is 0.938 bits per heavy atom. The molecule has 4 rings (SSSR count). The number of carbonyl (C=O) groups is 2. The summed E-state index contributed by atoms with van der Waals surface area (Å²) in [6.45, 7) is 2.18. The van der Waals surface area contributed by atoms with E-state index < -0.39 is 0 Å². The molecule has 0 saturated carbocycles. The minimum absolute atomic E-state index is 0.248. The lowest BCUT2D eigenvalue weighted by atomic mass is 10.1. The topological polar surface area (TPSA) is 101 Å². The monoisotopic (exact) mass is 426 g/mol. The van der Waals surface area contributed by atoms with E-state index in [1.165, 1.54) is 0 Å². The Balaban J connectivity index is 1.38. The summed E-state index contributed by atoms with van der Waals surface area (Å²) in [4.78, 5) is 29.3. The predicted octanol–water partition coefficient (Wildman–Crippen LogP) is 4.15. The molecular formula is C24H22N6O2. The second-order valence-electron chi connectivity index (χ2n) is 7.13. The number of anilines is 2. The van der Waals surface area contributed by atoms with Crippen LogP contribution in [-0.4, -0.2) is 26.7 Å². The molecule has 0 unspecified atom stereocenters. The molecule has 0 radical (unpaired) electrons. The number of para-hydroxylation sites is 1. The number of benzene rings is 2. The molecule has 0 bridgehead atoms. The van der Waals surface area contributed by atoms with E-state index in [-0.39, 0.29) is 11.9 Å². The fraction of sp³-hybridized carbons (Fsp3) is 0.0833. The quantitative estimate of drug-likeness (QED) is 0.431. The smallest absolute Gasteiger partial charge is 0.319 e. The highest BCUT2D eigenvalue weighted by molar-refractivity contribution is 6.05. The molecule has 0 spiro atoms. The zero-order chi connectivity index (χ0) is 22.3. The first-order valence-corrected chi connectivity index (χ1v) is 10.1. The van der Waals surface area contributed by atoms with Gasteiger partial charge in [-0.15, -0.1) is 0 Å². The molecule has 0 aliphatic heterocycles. The fourth-order valence-electron chi connectivity index (χ4n) is 3.07. The molecule has 0 aliphatic carbocycles. The van der Waals surface area contributed by atoms with Crippen LogP contribution in [0.1, 0.15) is 21.5 Å². The summed E-state index contributed by atoms with van der Waals surface area (Å²) in [5, 5.41) is 12.6.